The molecule has 1 saturated carbocycles. The van der Waals surface area contributed by atoms with Crippen LogP contribution in [0.2, 0.25) is 10.0 Å². The summed E-state index contributed by atoms with van der Waals surface area (Å²) in [5.74, 6) is -5.34. The van der Waals surface area contributed by atoms with E-state index in [0.29, 0.717) is 5.56 Å². The molecule has 0 aromatic heterocycles. The zero-order chi connectivity index (χ0) is 20.4. The fraction of sp³-hybridized carbons (Fsp3) is 0.526. The molecule has 0 radical (unpaired) electrons. The van der Waals surface area contributed by atoms with Gasteiger partial charge in [-0.05, 0) is 38.5 Å². The summed E-state index contributed by atoms with van der Waals surface area (Å²) >= 11 is 12.1. The second-order valence-electron chi connectivity index (χ2n) is 6.66. The van der Waals surface area contributed by atoms with E-state index < -0.39 is 41.1 Å². The zero-order valence-electron chi connectivity index (χ0n) is 15.3. The summed E-state index contributed by atoms with van der Waals surface area (Å²) in [6.45, 7) is 4.82. The highest BCUT2D eigenvalue weighted by molar-refractivity contribution is 6.42. The summed E-state index contributed by atoms with van der Waals surface area (Å²) in [5, 5.41) is 11.3. The van der Waals surface area contributed by atoms with E-state index in [4.69, 9.17) is 32.7 Å². The van der Waals surface area contributed by atoms with Gasteiger partial charge in [0.05, 0.1) is 34.8 Å². The molecule has 0 spiro atoms. The molecule has 6 nitrogen and oxygen atoms in total. The van der Waals surface area contributed by atoms with Crippen LogP contribution in [0.5, 0.6) is 0 Å². The molecule has 4 atom stereocenters. The molecule has 0 amide bonds. The molecule has 1 aromatic rings. The molecule has 148 valence electrons. The van der Waals surface area contributed by atoms with Crippen molar-refractivity contribution in [2.75, 3.05) is 13.2 Å². The van der Waals surface area contributed by atoms with Gasteiger partial charge in [-0.3, -0.25) is 14.4 Å². The molecule has 1 aliphatic rings. The lowest BCUT2D eigenvalue weighted by Crippen LogP contribution is -2.55. The number of aliphatic hydroxyl groups is 1. The largest absolute Gasteiger partial charge is 0.466 e. The van der Waals surface area contributed by atoms with Crippen LogP contribution in [0.15, 0.2) is 18.2 Å². The molecule has 1 aliphatic carbocycles. The van der Waals surface area contributed by atoms with Crippen LogP contribution in [0.25, 0.3) is 0 Å². The van der Waals surface area contributed by atoms with Crippen LogP contribution in [0.4, 0.5) is 0 Å². The number of benzene rings is 1. The van der Waals surface area contributed by atoms with Crippen molar-refractivity contribution < 1.29 is 29.0 Å². The van der Waals surface area contributed by atoms with Gasteiger partial charge in [-0.2, -0.15) is 0 Å². The molecule has 1 aromatic carbocycles. The first-order valence-electron chi connectivity index (χ1n) is 8.67. The van der Waals surface area contributed by atoms with Gasteiger partial charge in [-0.15, -0.1) is 0 Å². The van der Waals surface area contributed by atoms with Gasteiger partial charge in [-0.25, -0.2) is 0 Å². The van der Waals surface area contributed by atoms with E-state index >= 15 is 0 Å². The highest BCUT2D eigenvalue weighted by Gasteiger charge is 2.57. The van der Waals surface area contributed by atoms with E-state index in [9.17, 15) is 19.5 Å². The predicted molar refractivity (Wildman–Crippen MR) is 99.7 cm³/mol. The minimum atomic E-state index is -1.69. The van der Waals surface area contributed by atoms with Crippen molar-refractivity contribution in [2.45, 2.75) is 38.7 Å². The molecule has 0 saturated heterocycles. The molecule has 1 fully saturated rings. The topological polar surface area (TPSA) is 89.9 Å². The SMILES string of the molecule is CCOC(=O)[C@@H]1C(=O)C[C@@](C)(O)[C@@H](C(=O)OCC)[C@H]1c1ccc(Cl)c(Cl)c1. The lowest BCUT2D eigenvalue weighted by molar-refractivity contribution is -0.172. The van der Waals surface area contributed by atoms with E-state index in [1.54, 1.807) is 19.9 Å². The lowest BCUT2D eigenvalue weighted by atomic mass is 9.62. The molecule has 8 heteroatoms. The summed E-state index contributed by atoms with van der Waals surface area (Å²) < 4.78 is 10.2. The Bertz CT molecular complexity index is 746. The summed E-state index contributed by atoms with van der Waals surface area (Å²) in [6, 6.07) is 4.57. The molecule has 27 heavy (non-hydrogen) atoms. The molecular formula is C19H22Cl2O6. The molecule has 0 bridgehead atoms. The van der Waals surface area contributed by atoms with E-state index in [0.717, 1.165) is 0 Å². The second kappa shape index (κ2) is 8.59. The number of Topliss-reactive ketones (excluding diaryl/α,β-unsaturated/α-hetero) is 1. The maximum absolute atomic E-state index is 12.7. The van der Waals surface area contributed by atoms with Gasteiger partial charge in [0, 0.05) is 12.3 Å². The van der Waals surface area contributed by atoms with Crippen molar-refractivity contribution in [2.24, 2.45) is 11.8 Å². The number of hydrogen-bond donors (Lipinski definition) is 1. The van der Waals surface area contributed by atoms with Crippen molar-refractivity contribution in [3.8, 4) is 0 Å². The zero-order valence-corrected chi connectivity index (χ0v) is 16.8. The third-order valence-electron chi connectivity index (χ3n) is 4.68. The predicted octanol–water partition coefficient (Wildman–Crippen LogP) is 3.16. The van der Waals surface area contributed by atoms with Crippen LogP contribution in [-0.4, -0.2) is 41.6 Å². The minimum absolute atomic E-state index is 0.0805. The van der Waals surface area contributed by atoms with Crippen LogP contribution >= 0.6 is 23.2 Å². The molecule has 1 N–H and O–H groups in total. The monoisotopic (exact) mass is 416 g/mol. The summed E-state index contributed by atoms with van der Waals surface area (Å²) in [4.78, 5) is 37.9. The third kappa shape index (κ3) is 4.45. The van der Waals surface area contributed by atoms with Gasteiger partial charge in [0.2, 0.25) is 0 Å². The van der Waals surface area contributed by atoms with Crippen molar-refractivity contribution in [1.29, 1.82) is 0 Å². The number of rotatable bonds is 5. The van der Waals surface area contributed by atoms with E-state index in [1.807, 2.05) is 0 Å². The average Bonchev–Trinajstić information content (AvgIpc) is 2.56. The molecule has 2 rings (SSSR count). The first-order chi connectivity index (χ1) is 12.6. The highest BCUT2D eigenvalue weighted by Crippen LogP contribution is 2.47. The smallest absolute Gasteiger partial charge is 0.317 e. The van der Waals surface area contributed by atoms with Gasteiger partial charge in [0.1, 0.15) is 5.92 Å². The van der Waals surface area contributed by atoms with Gasteiger partial charge in [0.25, 0.3) is 0 Å². The Kier molecular flexibility index (Phi) is 6.89. The van der Waals surface area contributed by atoms with Gasteiger partial charge in [-0.1, -0.05) is 29.3 Å². The summed E-state index contributed by atoms with van der Waals surface area (Å²) in [5.41, 5.74) is -1.27. The quantitative estimate of drug-likeness (QED) is 0.585. The van der Waals surface area contributed by atoms with Crippen molar-refractivity contribution >= 4 is 40.9 Å². The van der Waals surface area contributed by atoms with Gasteiger partial charge in [0.15, 0.2) is 5.78 Å². The lowest BCUT2D eigenvalue weighted by Gasteiger charge is -2.43. The number of ketones is 1. The van der Waals surface area contributed by atoms with Crippen LogP contribution in [-0.2, 0) is 23.9 Å². The first kappa shape index (κ1) is 21.7. The highest BCUT2D eigenvalue weighted by atomic mass is 35.5. The Morgan fingerprint density at radius 1 is 1.15 bits per heavy atom. The fourth-order valence-electron chi connectivity index (χ4n) is 3.60. The van der Waals surface area contributed by atoms with Crippen molar-refractivity contribution in [3.63, 3.8) is 0 Å². The second-order valence-corrected chi connectivity index (χ2v) is 7.47. The van der Waals surface area contributed by atoms with Crippen LogP contribution < -0.4 is 0 Å². The van der Waals surface area contributed by atoms with Crippen LogP contribution in [0, 0.1) is 11.8 Å². The number of halogens is 2. The maximum Gasteiger partial charge on any atom is 0.317 e. The molecule has 0 aliphatic heterocycles. The molecule has 0 heterocycles. The third-order valence-corrected chi connectivity index (χ3v) is 5.42. The van der Waals surface area contributed by atoms with Gasteiger partial charge >= 0.3 is 11.9 Å². The number of hydrogen-bond acceptors (Lipinski definition) is 6. The average molecular weight is 417 g/mol. The minimum Gasteiger partial charge on any atom is -0.466 e. The molecular weight excluding hydrogens is 395 g/mol. The standard InChI is InChI=1S/C19H22Cl2O6/c1-4-26-17(23)15-13(22)9-19(3,25)16(18(24)27-5-2)14(15)10-6-7-11(20)12(21)8-10/h6-8,14-16,25H,4-5,9H2,1-3H3/t14-,15+,16+,19+/m0/s1. The van der Waals surface area contributed by atoms with E-state index in [2.05, 4.69) is 0 Å². The Morgan fingerprint density at radius 2 is 1.74 bits per heavy atom. The number of carbonyl (C=O) groups excluding carboxylic acids is 3. The van der Waals surface area contributed by atoms with E-state index in [1.165, 1.54) is 19.1 Å². The Balaban J connectivity index is 2.64. The Labute approximate surface area is 167 Å². The number of ether oxygens (including phenoxy) is 2. The van der Waals surface area contributed by atoms with E-state index in [-0.39, 0.29) is 29.7 Å². The number of esters is 2. The fourth-order valence-corrected chi connectivity index (χ4v) is 3.91. The summed E-state index contributed by atoms with van der Waals surface area (Å²) in [6.07, 6.45) is -0.363. The van der Waals surface area contributed by atoms with Crippen molar-refractivity contribution in [3.05, 3.63) is 33.8 Å². The Hall–Kier alpha value is -1.63. The van der Waals surface area contributed by atoms with Gasteiger partial charge < -0.3 is 14.6 Å². The maximum atomic E-state index is 12.7. The van der Waals surface area contributed by atoms with Crippen LogP contribution in [0.3, 0.4) is 0 Å². The Morgan fingerprint density at radius 3 is 2.30 bits per heavy atom. The molecule has 0 unspecified atom stereocenters. The van der Waals surface area contributed by atoms with Crippen molar-refractivity contribution in [1.82, 2.24) is 0 Å². The first-order valence-corrected chi connectivity index (χ1v) is 9.42. The normalized spacial score (nSPS) is 27.9. The van der Waals surface area contributed by atoms with Crippen LogP contribution in [0.1, 0.15) is 38.7 Å². The number of carbonyl (C=O) groups is 3. The summed E-state index contributed by atoms with van der Waals surface area (Å²) in [7, 11) is 0.